The first-order chi connectivity index (χ1) is 10.3. The van der Waals surface area contributed by atoms with Gasteiger partial charge in [0.1, 0.15) is 12.4 Å². The second kappa shape index (κ2) is 6.71. The predicted molar refractivity (Wildman–Crippen MR) is 81.8 cm³/mol. The van der Waals surface area contributed by atoms with Crippen LogP contribution in [-0.4, -0.2) is 44.4 Å². The van der Waals surface area contributed by atoms with Crippen molar-refractivity contribution >= 4 is 0 Å². The van der Waals surface area contributed by atoms with Crippen molar-refractivity contribution in [2.45, 2.75) is 44.6 Å². The zero-order valence-corrected chi connectivity index (χ0v) is 12.9. The Labute approximate surface area is 126 Å². The summed E-state index contributed by atoms with van der Waals surface area (Å²) < 4.78 is 1.96. The average molecular weight is 290 g/mol. The van der Waals surface area contributed by atoms with Gasteiger partial charge in [0.25, 0.3) is 0 Å². The monoisotopic (exact) mass is 290 g/mol. The Kier molecular flexibility index (Phi) is 4.70. The zero-order valence-electron chi connectivity index (χ0n) is 12.9. The number of likely N-dealkylation sites (tertiary alicyclic amines) is 1. The summed E-state index contributed by atoms with van der Waals surface area (Å²) in [6, 6.07) is 0. The summed E-state index contributed by atoms with van der Waals surface area (Å²) in [6.45, 7) is 3.54. The van der Waals surface area contributed by atoms with Gasteiger partial charge in [0, 0.05) is 19.5 Å². The van der Waals surface area contributed by atoms with Gasteiger partial charge < -0.3 is 14.6 Å². The molecule has 1 aromatic heterocycles. The molecule has 1 fully saturated rings. The molecule has 0 unspecified atom stereocenters. The minimum atomic E-state index is -0.0302. The highest BCUT2D eigenvalue weighted by molar-refractivity contribution is 5.03. The summed E-state index contributed by atoms with van der Waals surface area (Å²) in [7, 11) is 1.96. The molecule has 116 valence electrons. The molecule has 0 aromatic carbocycles. The van der Waals surface area contributed by atoms with E-state index in [1.54, 1.807) is 0 Å². The van der Waals surface area contributed by atoms with E-state index in [1.165, 1.54) is 25.8 Å². The summed E-state index contributed by atoms with van der Waals surface area (Å²) in [5, 5.41) is 17.6. The number of hydrogen-bond acceptors (Lipinski definition) is 4. The smallest absolute Gasteiger partial charge is 0.158 e. The molecule has 5 nitrogen and oxygen atoms in total. The Morgan fingerprint density at radius 1 is 1.19 bits per heavy atom. The fraction of sp³-hybridized carbons (Fsp3) is 0.750. The molecule has 21 heavy (non-hydrogen) atoms. The van der Waals surface area contributed by atoms with Crippen LogP contribution < -0.4 is 0 Å². The number of piperidine rings is 1. The lowest BCUT2D eigenvalue weighted by molar-refractivity contribution is 0.174. The molecule has 0 amide bonds. The van der Waals surface area contributed by atoms with Gasteiger partial charge in [-0.15, -0.1) is 10.2 Å². The van der Waals surface area contributed by atoms with Gasteiger partial charge in [-0.25, -0.2) is 0 Å². The molecule has 0 radical (unpaired) electrons. The van der Waals surface area contributed by atoms with Crippen LogP contribution in [0.15, 0.2) is 12.2 Å². The lowest BCUT2D eigenvalue weighted by Crippen LogP contribution is -2.37. The normalized spacial score (nSPS) is 24.6. The van der Waals surface area contributed by atoms with Crippen LogP contribution in [0.2, 0.25) is 0 Å². The molecule has 2 heterocycles. The fourth-order valence-electron chi connectivity index (χ4n) is 3.63. The van der Waals surface area contributed by atoms with Crippen LogP contribution in [0.5, 0.6) is 0 Å². The molecule has 1 N–H and O–H groups in total. The van der Waals surface area contributed by atoms with Crippen LogP contribution in [0.4, 0.5) is 0 Å². The number of aromatic nitrogens is 3. The van der Waals surface area contributed by atoms with E-state index in [0.29, 0.717) is 11.7 Å². The van der Waals surface area contributed by atoms with Gasteiger partial charge in [0.05, 0.1) is 0 Å². The lowest BCUT2D eigenvalue weighted by Gasteiger charge is -2.34. The van der Waals surface area contributed by atoms with Crippen LogP contribution >= 0.6 is 0 Å². The van der Waals surface area contributed by atoms with Gasteiger partial charge >= 0.3 is 0 Å². The van der Waals surface area contributed by atoms with Gasteiger partial charge in [-0.2, -0.15) is 0 Å². The number of rotatable bonds is 4. The minimum absolute atomic E-state index is 0.0302. The van der Waals surface area contributed by atoms with Crippen LogP contribution in [0.1, 0.15) is 49.7 Å². The second-order valence-electron chi connectivity index (χ2n) is 6.42. The average Bonchev–Trinajstić information content (AvgIpc) is 2.90. The molecule has 3 rings (SSSR count). The Morgan fingerprint density at radius 2 is 2.00 bits per heavy atom. The molecule has 1 atom stereocenters. The summed E-state index contributed by atoms with van der Waals surface area (Å²) in [5.74, 6) is 3.05. The Hall–Kier alpha value is -1.20. The number of hydrogen-bond donors (Lipinski definition) is 1. The molecular formula is C16H26N4O. The topological polar surface area (TPSA) is 54.2 Å². The van der Waals surface area contributed by atoms with Gasteiger partial charge in [0.2, 0.25) is 0 Å². The van der Waals surface area contributed by atoms with Crippen molar-refractivity contribution < 1.29 is 5.11 Å². The molecule has 5 heteroatoms. The Bertz CT molecular complexity index is 488. The van der Waals surface area contributed by atoms with Gasteiger partial charge in [0.15, 0.2) is 5.82 Å². The van der Waals surface area contributed by atoms with E-state index >= 15 is 0 Å². The highest BCUT2D eigenvalue weighted by Crippen LogP contribution is 2.28. The van der Waals surface area contributed by atoms with E-state index in [0.717, 1.165) is 37.7 Å². The fourth-order valence-corrected chi connectivity index (χ4v) is 3.63. The first-order valence-electron chi connectivity index (χ1n) is 8.14. The van der Waals surface area contributed by atoms with E-state index in [4.69, 9.17) is 0 Å². The van der Waals surface area contributed by atoms with Gasteiger partial charge in [-0.05, 0) is 51.1 Å². The third-order valence-corrected chi connectivity index (χ3v) is 4.99. The lowest BCUT2D eigenvalue weighted by atomic mass is 9.91. The number of aliphatic hydroxyl groups is 1. The molecular weight excluding hydrogens is 264 g/mol. The van der Waals surface area contributed by atoms with E-state index < -0.39 is 0 Å². The predicted octanol–water partition coefficient (Wildman–Crippen LogP) is 1.84. The van der Waals surface area contributed by atoms with Crippen molar-refractivity contribution in [2.24, 2.45) is 13.0 Å². The van der Waals surface area contributed by atoms with Crippen molar-refractivity contribution in [2.75, 3.05) is 19.6 Å². The van der Waals surface area contributed by atoms with E-state index in [1.807, 2.05) is 11.6 Å². The quantitative estimate of drug-likeness (QED) is 0.860. The zero-order chi connectivity index (χ0) is 14.7. The molecule has 0 spiro atoms. The first-order valence-corrected chi connectivity index (χ1v) is 8.14. The van der Waals surface area contributed by atoms with Crippen molar-refractivity contribution in [1.29, 1.82) is 0 Å². The maximum absolute atomic E-state index is 9.22. The van der Waals surface area contributed by atoms with Crippen LogP contribution in [0, 0.1) is 5.92 Å². The number of nitrogens with zero attached hydrogens (tertiary/aromatic N) is 4. The molecule has 1 aliphatic heterocycles. The first kappa shape index (κ1) is 14.7. The summed E-state index contributed by atoms with van der Waals surface area (Å²) >= 11 is 0. The molecule has 1 aliphatic carbocycles. The molecule has 1 saturated heterocycles. The van der Waals surface area contributed by atoms with Crippen LogP contribution in [-0.2, 0) is 13.7 Å². The number of aliphatic hydroxyl groups excluding tert-OH is 1. The summed E-state index contributed by atoms with van der Waals surface area (Å²) in [4.78, 5) is 2.61. The van der Waals surface area contributed by atoms with E-state index in [2.05, 4.69) is 27.2 Å². The Balaban J connectivity index is 1.52. The van der Waals surface area contributed by atoms with Gasteiger partial charge in [-0.3, -0.25) is 0 Å². The minimum Gasteiger partial charge on any atom is -0.388 e. The molecule has 1 aromatic rings. The number of allylic oxidation sites excluding steroid dienone is 2. The maximum atomic E-state index is 9.22. The largest absolute Gasteiger partial charge is 0.388 e. The van der Waals surface area contributed by atoms with Crippen LogP contribution in [0.25, 0.3) is 0 Å². The second-order valence-corrected chi connectivity index (χ2v) is 6.42. The van der Waals surface area contributed by atoms with Crippen molar-refractivity contribution in [3.05, 3.63) is 23.8 Å². The van der Waals surface area contributed by atoms with Gasteiger partial charge in [-0.1, -0.05) is 12.2 Å². The van der Waals surface area contributed by atoms with Crippen LogP contribution in [0.3, 0.4) is 0 Å². The third kappa shape index (κ3) is 3.35. The van der Waals surface area contributed by atoms with Crippen molar-refractivity contribution in [3.8, 4) is 0 Å². The molecule has 2 aliphatic rings. The standard InChI is InChI=1S/C16H26N4O/c1-19-15(12-21)17-18-16(19)14-7-9-20(10-8-14)11-13-5-3-2-4-6-13/h2-3,13-14,21H,4-12H2,1H3/t13-/m0/s1. The highest BCUT2D eigenvalue weighted by atomic mass is 16.3. The van der Waals surface area contributed by atoms with Crippen molar-refractivity contribution in [3.63, 3.8) is 0 Å². The Morgan fingerprint density at radius 3 is 2.62 bits per heavy atom. The summed E-state index contributed by atoms with van der Waals surface area (Å²) in [5.41, 5.74) is 0. The SMILES string of the molecule is Cn1c(CO)nnc1C1CCN(C[C@H]2CC=CCC2)CC1. The van der Waals surface area contributed by atoms with Crippen molar-refractivity contribution in [1.82, 2.24) is 19.7 Å². The highest BCUT2D eigenvalue weighted by Gasteiger charge is 2.26. The summed E-state index contributed by atoms with van der Waals surface area (Å²) in [6.07, 6.45) is 10.8. The molecule has 0 bridgehead atoms. The van der Waals surface area contributed by atoms with E-state index in [-0.39, 0.29) is 6.61 Å². The maximum Gasteiger partial charge on any atom is 0.158 e. The third-order valence-electron chi connectivity index (χ3n) is 4.99. The molecule has 0 saturated carbocycles. The van der Waals surface area contributed by atoms with E-state index in [9.17, 15) is 5.11 Å².